The number of carboxylic acid groups (broad SMARTS) is 1. The van der Waals surface area contributed by atoms with Gasteiger partial charge < -0.3 is 20.5 Å². The molecule has 2 amide bonds. The van der Waals surface area contributed by atoms with Crippen LogP contribution in [0.25, 0.3) is 11.1 Å². The summed E-state index contributed by atoms with van der Waals surface area (Å²) in [6.07, 6.45) is 1.92. The first-order valence-electron chi connectivity index (χ1n) is 12.5. The maximum absolute atomic E-state index is 12.6. The maximum Gasteiger partial charge on any atom is 0.407 e. The summed E-state index contributed by atoms with van der Waals surface area (Å²) in [4.78, 5) is 36.5. The van der Waals surface area contributed by atoms with Gasteiger partial charge in [-0.05, 0) is 53.9 Å². The smallest absolute Gasteiger partial charge is 0.407 e. The number of nitrogens with one attached hydrogen (secondary N) is 2. The lowest BCUT2D eigenvalue weighted by molar-refractivity contribution is -0.142. The zero-order valence-corrected chi connectivity index (χ0v) is 20.3. The van der Waals surface area contributed by atoms with E-state index in [1.165, 1.54) is 11.1 Å². The van der Waals surface area contributed by atoms with Crippen molar-refractivity contribution in [1.29, 1.82) is 0 Å². The van der Waals surface area contributed by atoms with Gasteiger partial charge >= 0.3 is 12.1 Å². The Bertz CT molecular complexity index is 1040. The Morgan fingerprint density at radius 1 is 1.00 bits per heavy atom. The number of carbonyl (C=O) groups is 3. The van der Waals surface area contributed by atoms with Crippen LogP contribution in [0.15, 0.2) is 48.5 Å². The molecule has 186 valence electrons. The second-order valence-electron chi connectivity index (χ2n) is 10.1. The van der Waals surface area contributed by atoms with Gasteiger partial charge in [-0.15, -0.1) is 0 Å². The number of alkyl carbamates (subject to hydrolysis) is 1. The fraction of sp³-hybridized carbons (Fsp3) is 0.464. The highest BCUT2D eigenvalue weighted by molar-refractivity contribution is 5.80. The van der Waals surface area contributed by atoms with Gasteiger partial charge in [0.15, 0.2) is 0 Å². The summed E-state index contributed by atoms with van der Waals surface area (Å²) < 4.78 is 5.62. The predicted molar refractivity (Wildman–Crippen MR) is 133 cm³/mol. The van der Waals surface area contributed by atoms with Crippen molar-refractivity contribution in [1.82, 2.24) is 10.6 Å². The molecule has 0 aliphatic heterocycles. The van der Waals surface area contributed by atoms with Crippen LogP contribution >= 0.6 is 0 Å². The summed E-state index contributed by atoms with van der Waals surface area (Å²) >= 11 is 0. The highest BCUT2D eigenvalue weighted by Crippen LogP contribution is 2.44. The number of carboxylic acids is 1. The van der Waals surface area contributed by atoms with Crippen LogP contribution < -0.4 is 10.6 Å². The van der Waals surface area contributed by atoms with Crippen molar-refractivity contribution in [2.75, 3.05) is 13.2 Å². The van der Waals surface area contributed by atoms with Crippen molar-refractivity contribution in [3.8, 4) is 11.1 Å². The molecule has 2 aromatic carbocycles. The summed E-state index contributed by atoms with van der Waals surface area (Å²) in [7, 11) is 0. The van der Waals surface area contributed by atoms with Crippen molar-refractivity contribution in [2.24, 2.45) is 17.8 Å². The van der Waals surface area contributed by atoms with Crippen LogP contribution in [0.1, 0.15) is 56.6 Å². The van der Waals surface area contributed by atoms with Gasteiger partial charge in [0.05, 0.1) is 5.92 Å². The number of benzene rings is 2. The Hall–Kier alpha value is -3.35. The standard InChI is InChI=1S/C28H34N2O5/c1-17(2)13-19(27(32)33)15-29-26(31)18-11-12-20(14-18)30-28(34)35-16-25-23-9-5-3-7-21(23)22-8-4-6-10-24(22)25/h3-10,17-20,25H,11-16H2,1-2H3,(H,29,31)(H,30,34)(H,32,33)/t18-,19?,20+/m0/s1. The average Bonchev–Trinajstić information content (AvgIpc) is 3.42. The minimum atomic E-state index is -0.889. The first kappa shape index (κ1) is 24.8. The third-order valence-electron chi connectivity index (χ3n) is 7.10. The second-order valence-corrected chi connectivity index (χ2v) is 10.1. The molecule has 1 saturated carbocycles. The van der Waals surface area contributed by atoms with E-state index in [0.717, 1.165) is 11.1 Å². The molecular weight excluding hydrogens is 444 g/mol. The Balaban J connectivity index is 1.25. The van der Waals surface area contributed by atoms with Crippen molar-refractivity contribution >= 4 is 18.0 Å². The van der Waals surface area contributed by atoms with Gasteiger partial charge in [-0.1, -0.05) is 62.4 Å². The van der Waals surface area contributed by atoms with E-state index in [0.29, 0.717) is 25.7 Å². The number of hydrogen-bond donors (Lipinski definition) is 3. The molecule has 7 nitrogen and oxygen atoms in total. The van der Waals surface area contributed by atoms with Crippen LogP contribution in [-0.2, 0) is 14.3 Å². The minimum Gasteiger partial charge on any atom is -0.481 e. The van der Waals surface area contributed by atoms with Crippen LogP contribution in [0.2, 0.25) is 0 Å². The van der Waals surface area contributed by atoms with Crippen LogP contribution in [0.5, 0.6) is 0 Å². The van der Waals surface area contributed by atoms with E-state index in [1.54, 1.807) is 0 Å². The summed E-state index contributed by atoms with van der Waals surface area (Å²) in [5.74, 6) is -1.61. The molecule has 3 N–H and O–H groups in total. The lowest BCUT2D eigenvalue weighted by atomic mass is 9.97. The highest BCUT2D eigenvalue weighted by Gasteiger charge is 2.33. The van der Waals surface area contributed by atoms with Gasteiger partial charge in [-0.25, -0.2) is 4.79 Å². The lowest BCUT2D eigenvalue weighted by Gasteiger charge is -2.18. The fourth-order valence-electron chi connectivity index (χ4n) is 5.37. The van der Waals surface area contributed by atoms with Crippen LogP contribution in [0, 0.1) is 17.8 Å². The molecule has 2 aliphatic carbocycles. The molecule has 3 atom stereocenters. The number of hydrogen-bond acceptors (Lipinski definition) is 4. The van der Waals surface area contributed by atoms with Gasteiger partial charge in [0, 0.05) is 24.4 Å². The van der Waals surface area contributed by atoms with E-state index in [4.69, 9.17) is 4.74 Å². The normalized spacial score (nSPS) is 19.6. The van der Waals surface area contributed by atoms with E-state index in [-0.39, 0.29) is 42.9 Å². The number of amides is 2. The zero-order valence-electron chi connectivity index (χ0n) is 20.3. The third kappa shape index (κ3) is 5.84. The number of rotatable bonds is 9. The maximum atomic E-state index is 12.6. The van der Waals surface area contributed by atoms with E-state index in [9.17, 15) is 19.5 Å². The molecule has 35 heavy (non-hydrogen) atoms. The summed E-state index contributed by atoms with van der Waals surface area (Å²) in [6.45, 7) is 4.32. The molecule has 0 heterocycles. The van der Waals surface area contributed by atoms with Gasteiger partial charge in [0.25, 0.3) is 0 Å². The highest BCUT2D eigenvalue weighted by atomic mass is 16.5. The fourth-order valence-corrected chi connectivity index (χ4v) is 5.37. The van der Waals surface area contributed by atoms with Crippen LogP contribution in [0.4, 0.5) is 4.79 Å². The van der Waals surface area contributed by atoms with Crippen LogP contribution in [0.3, 0.4) is 0 Å². The molecule has 2 aromatic rings. The average molecular weight is 479 g/mol. The Morgan fingerprint density at radius 3 is 2.23 bits per heavy atom. The Kier molecular flexibility index (Phi) is 7.73. The minimum absolute atomic E-state index is 0.00303. The molecule has 0 spiro atoms. The lowest BCUT2D eigenvalue weighted by Crippen LogP contribution is -2.38. The molecule has 0 bridgehead atoms. The molecule has 4 rings (SSSR count). The van der Waals surface area contributed by atoms with Gasteiger partial charge in [0.2, 0.25) is 5.91 Å². The third-order valence-corrected chi connectivity index (χ3v) is 7.10. The molecular formula is C28H34N2O5. The van der Waals surface area contributed by atoms with Gasteiger partial charge in [0.1, 0.15) is 6.61 Å². The van der Waals surface area contributed by atoms with E-state index in [2.05, 4.69) is 34.9 Å². The second kappa shape index (κ2) is 10.9. The number of carbonyl (C=O) groups excluding carboxylic acids is 2. The number of aliphatic carboxylic acids is 1. The van der Waals surface area contributed by atoms with Crippen molar-refractivity contribution in [3.05, 3.63) is 59.7 Å². The largest absolute Gasteiger partial charge is 0.481 e. The van der Waals surface area contributed by atoms with E-state index >= 15 is 0 Å². The topological polar surface area (TPSA) is 105 Å². The number of ether oxygens (including phenoxy) is 1. The van der Waals surface area contributed by atoms with Gasteiger partial charge in [-0.2, -0.15) is 0 Å². The molecule has 0 saturated heterocycles. The molecule has 0 aromatic heterocycles. The molecule has 2 aliphatic rings. The van der Waals surface area contributed by atoms with Crippen molar-refractivity contribution in [2.45, 2.75) is 51.5 Å². The van der Waals surface area contributed by atoms with Crippen molar-refractivity contribution < 1.29 is 24.2 Å². The molecule has 1 unspecified atom stereocenters. The first-order chi connectivity index (χ1) is 16.8. The Labute approximate surface area is 206 Å². The van der Waals surface area contributed by atoms with Gasteiger partial charge in [-0.3, -0.25) is 9.59 Å². The van der Waals surface area contributed by atoms with Crippen molar-refractivity contribution in [3.63, 3.8) is 0 Å². The Morgan fingerprint density at radius 2 is 1.63 bits per heavy atom. The molecule has 1 fully saturated rings. The monoisotopic (exact) mass is 478 g/mol. The SMILES string of the molecule is CC(C)CC(CNC(=O)[C@H]1CC[C@@H](NC(=O)OCC2c3ccccc3-c3ccccc32)C1)C(=O)O. The molecule has 7 heteroatoms. The van der Waals surface area contributed by atoms with E-state index < -0.39 is 18.0 Å². The summed E-state index contributed by atoms with van der Waals surface area (Å²) in [6, 6.07) is 16.3. The quantitative estimate of drug-likeness (QED) is 0.490. The number of fused-ring (bicyclic) bond motifs is 3. The predicted octanol–water partition coefficient (Wildman–Crippen LogP) is 4.56. The van der Waals surface area contributed by atoms with Crippen LogP contribution in [-0.4, -0.2) is 42.3 Å². The van der Waals surface area contributed by atoms with E-state index in [1.807, 2.05) is 38.1 Å². The summed E-state index contributed by atoms with van der Waals surface area (Å²) in [5, 5.41) is 15.1. The first-order valence-corrected chi connectivity index (χ1v) is 12.5. The molecule has 0 radical (unpaired) electrons. The summed E-state index contributed by atoms with van der Waals surface area (Å²) in [5.41, 5.74) is 4.69. The zero-order chi connectivity index (χ0) is 24.9.